The van der Waals surface area contributed by atoms with Gasteiger partial charge in [0.1, 0.15) is 11.6 Å². The number of rotatable bonds is 9. The summed E-state index contributed by atoms with van der Waals surface area (Å²) in [4.78, 5) is 25.4. The maximum absolute atomic E-state index is 13.0. The third-order valence-corrected chi connectivity index (χ3v) is 4.15. The van der Waals surface area contributed by atoms with E-state index in [2.05, 4.69) is 5.32 Å². The molecule has 0 saturated heterocycles. The Kier molecular flexibility index (Phi) is 7.16. The lowest BCUT2D eigenvalue weighted by atomic mass is 10.1. The summed E-state index contributed by atoms with van der Waals surface area (Å²) in [5.74, 6) is -0.280. The summed E-state index contributed by atoms with van der Waals surface area (Å²) >= 11 is 0. The lowest BCUT2D eigenvalue weighted by Gasteiger charge is -2.25. The second-order valence-electron chi connectivity index (χ2n) is 6.18. The van der Waals surface area contributed by atoms with Gasteiger partial charge in [-0.05, 0) is 48.9 Å². The van der Waals surface area contributed by atoms with Crippen molar-refractivity contribution >= 4 is 17.5 Å². The van der Waals surface area contributed by atoms with E-state index in [4.69, 9.17) is 10.5 Å². The topological polar surface area (TPSA) is 84.7 Å². The number of carbonyl (C=O) groups excluding carboxylic acids is 2. The minimum Gasteiger partial charge on any atom is -0.497 e. The molecule has 0 spiro atoms. The highest BCUT2D eigenvalue weighted by molar-refractivity contribution is 5.82. The molecule has 0 aliphatic carbocycles. The fourth-order valence-corrected chi connectivity index (χ4v) is 2.63. The minimum atomic E-state index is -0.436. The van der Waals surface area contributed by atoms with Crippen molar-refractivity contribution in [1.82, 2.24) is 5.32 Å². The van der Waals surface area contributed by atoms with Gasteiger partial charge in [0.15, 0.2) is 0 Å². The molecule has 0 bridgehead atoms. The second kappa shape index (κ2) is 9.56. The van der Waals surface area contributed by atoms with Crippen molar-refractivity contribution in [2.24, 2.45) is 5.73 Å². The Labute approximate surface area is 158 Å². The van der Waals surface area contributed by atoms with Crippen molar-refractivity contribution in [1.29, 1.82) is 0 Å². The van der Waals surface area contributed by atoms with Crippen LogP contribution in [0.25, 0.3) is 0 Å². The van der Waals surface area contributed by atoms with Crippen LogP contribution in [0, 0.1) is 5.82 Å². The summed E-state index contributed by atoms with van der Waals surface area (Å²) < 4.78 is 18.2. The molecule has 3 N–H and O–H groups in total. The number of halogens is 1. The molecule has 0 aromatic heterocycles. The lowest BCUT2D eigenvalue weighted by molar-refractivity contribution is -0.121. The first-order valence-electron chi connectivity index (χ1n) is 8.61. The van der Waals surface area contributed by atoms with Crippen molar-refractivity contribution < 1.29 is 18.7 Å². The maximum Gasteiger partial charge on any atom is 0.239 e. The molecule has 0 heterocycles. The van der Waals surface area contributed by atoms with Gasteiger partial charge in [0.05, 0.1) is 19.7 Å². The summed E-state index contributed by atoms with van der Waals surface area (Å²) in [5, 5.41) is 2.88. The van der Waals surface area contributed by atoms with Gasteiger partial charge in [-0.2, -0.15) is 0 Å². The number of nitrogens with one attached hydrogen (secondary N) is 1. The standard InChI is InChI=1S/C20H24FN3O3/c1-14(15-3-5-16(21)6-4-15)23-20(26)13-24(12-11-19(22)25)17-7-9-18(27-2)10-8-17/h3-10,14H,11-13H2,1-2H3,(H2,22,25)(H,23,26)/t14-/m0/s1. The number of ether oxygens (including phenoxy) is 1. The number of methoxy groups -OCH3 is 1. The quantitative estimate of drug-likeness (QED) is 0.707. The molecule has 0 radical (unpaired) electrons. The molecule has 2 rings (SSSR count). The number of benzene rings is 2. The van der Waals surface area contributed by atoms with E-state index >= 15 is 0 Å². The van der Waals surface area contributed by atoms with E-state index in [-0.39, 0.29) is 30.7 Å². The average molecular weight is 373 g/mol. The van der Waals surface area contributed by atoms with E-state index in [1.165, 1.54) is 12.1 Å². The summed E-state index contributed by atoms with van der Waals surface area (Å²) in [5.41, 5.74) is 6.83. The Morgan fingerprint density at radius 1 is 1.15 bits per heavy atom. The van der Waals surface area contributed by atoms with Gasteiger partial charge in [-0.15, -0.1) is 0 Å². The highest BCUT2D eigenvalue weighted by Crippen LogP contribution is 2.20. The molecule has 2 aromatic rings. The number of primary amides is 1. The molecule has 144 valence electrons. The van der Waals surface area contributed by atoms with Crippen LogP contribution in [0.5, 0.6) is 5.75 Å². The zero-order valence-corrected chi connectivity index (χ0v) is 15.4. The summed E-state index contributed by atoms with van der Waals surface area (Å²) in [6, 6.07) is 12.9. The smallest absolute Gasteiger partial charge is 0.239 e. The molecule has 2 aromatic carbocycles. The van der Waals surface area contributed by atoms with Crippen LogP contribution in [-0.4, -0.2) is 32.0 Å². The highest BCUT2D eigenvalue weighted by atomic mass is 19.1. The first-order valence-corrected chi connectivity index (χ1v) is 8.61. The Morgan fingerprint density at radius 2 is 1.78 bits per heavy atom. The summed E-state index contributed by atoms with van der Waals surface area (Å²) in [6.45, 7) is 2.21. The minimum absolute atomic E-state index is 0.0607. The Balaban J connectivity index is 2.04. The Hall–Kier alpha value is -3.09. The van der Waals surface area contributed by atoms with Gasteiger partial charge in [0, 0.05) is 18.7 Å². The third kappa shape index (κ3) is 6.29. The lowest BCUT2D eigenvalue weighted by Crippen LogP contribution is -2.39. The van der Waals surface area contributed by atoms with E-state index in [0.29, 0.717) is 12.3 Å². The number of hydrogen-bond donors (Lipinski definition) is 2. The van der Waals surface area contributed by atoms with Crippen LogP contribution < -0.4 is 20.7 Å². The van der Waals surface area contributed by atoms with Crippen LogP contribution >= 0.6 is 0 Å². The monoisotopic (exact) mass is 373 g/mol. The third-order valence-electron chi connectivity index (χ3n) is 4.15. The molecule has 0 aliphatic heterocycles. The van der Waals surface area contributed by atoms with Crippen molar-refractivity contribution in [3.8, 4) is 5.75 Å². The van der Waals surface area contributed by atoms with Crippen molar-refractivity contribution in [2.75, 3.05) is 25.1 Å². The predicted octanol–water partition coefficient (Wildman–Crippen LogP) is 2.39. The van der Waals surface area contributed by atoms with Crippen LogP contribution in [0.4, 0.5) is 10.1 Å². The van der Waals surface area contributed by atoms with Crippen LogP contribution in [-0.2, 0) is 9.59 Å². The second-order valence-corrected chi connectivity index (χ2v) is 6.18. The molecule has 27 heavy (non-hydrogen) atoms. The van der Waals surface area contributed by atoms with Gasteiger partial charge in [0.25, 0.3) is 0 Å². The van der Waals surface area contributed by atoms with E-state index in [0.717, 1.165) is 11.3 Å². The molecule has 0 fully saturated rings. The van der Waals surface area contributed by atoms with Crippen LogP contribution in [0.2, 0.25) is 0 Å². The number of nitrogens with zero attached hydrogens (tertiary/aromatic N) is 1. The number of hydrogen-bond acceptors (Lipinski definition) is 4. The molecule has 6 nitrogen and oxygen atoms in total. The summed E-state index contributed by atoms with van der Waals surface area (Å²) in [6.07, 6.45) is 0.132. The molecular weight excluding hydrogens is 349 g/mol. The number of nitrogens with two attached hydrogens (primary N) is 1. The van der Waals surface area contributed by atoms with Gasteiger partial charge in [-0.25, -0.2) is 4.39 Å². The van der Waals surface area contributed by atoms with Crippen LogP contribution in [0.3, 0.4) is 0 Å². The number of carbonyl (C=O) groups is 2. The van der Waals surface area contributed by atoms with Crippen molar-refractivity contribution in [3.63, 3.8) is 0 Å². The zero-order chi connectivity index (χ0) is 19.8. The molecule has 7 heteroatoms. The Morgan fingerprint density at radius 3 is 2.33 bits per heavy atom. The Bertz CT molecular complexity index is 763. The van der Waals surface area contributed by atoms with Gasteiger partial charge in [-0.3, -0.25) is 9.59 Å². The highest BCUT2D eigenvalue weighted by Gasteiger charge is 2.15. The molecular formula is C20H24FN3O3. The SMILES string of the molecule is COc1ccc(N(CCC(N)=O)CC(=O)N[C@@H](C)c2ccc(F)cc2)cc1. The molecule has 2 amide bonds. The number of anilines is 1. The molecule has 0 aliphatic rings. The zero-order valence-electron chi connectivity index (χ0n) is 15.4. The maximum atomic E-state index is 13.0. The molecule has 1 atom stereocenters. The van der Waals surface area contributed by atoms with Gasteiger partial charge < -0.3 is 20.7 Å². The van der Waals surface area contributed by atoms with E-state index in [1.54, 1.807) is 36.3 Å². The molecule has 0 saturated carbocycles. The largest absolute Gasteiger partial charge is 0.497 e. The average Bonchev–Trinajstić information content (AvgIpc) is 2.65. The molecule has 0 unspecified atom stereocenters. The first-order chi connectivity index (χ1) is 12.9. The first kappa shape index (κ1) is 20.2. The van der Waals surface area contributed by atoms with Gasteiger partial charge in [-0.1, -0.05) is 12.1 Å². The van der Waals surface area contributed by atoms with E-state index < -0.39 is 5.91 Å². The van der Waals surface area contributed by atoms with Crippen molar-refractivity contribution in [3.05, 3.63) is 59.9 Å². The van der Waals surface area contributed by atoms with Gasteiger partial charge in [0.2, 0.25) is 11.8 Å². The summed E-state index contributed by atoms with van der Waals surface area (Å²) in [7, 11) is 1.57. The normalized spacial score (nSPS) is 11.5. The fourth-order valence-electron chi connectivity index (χ4n) is 2.63. The predicted molar refractivity (Wildman–Crippen MR) is 102 cm³/mol. The van der Waals surface area contributed by atoms with Gasteiger partial charge >= 0.3 is 0 Å². The fraction of sp³-hybridized carbons (Fsp3) is 0.300. The van der Waals surface area contributed by atoms with Crippen LogP contribution in [0.1, 0.15) is 24.9 Å². The van der Waals surface area contributed by atoms with E-state index in [9.17, 15) is 14.0 Å². The van der Waals surface area contributed by atoms with Crippen LogP contribution in [0.15, 0.2) is 48.5 Å². The van der Waals surface area contributed by atoms with E-state index in [1.807, 2.05) is 19.1 Å². The number of amides is 2. The van der Waals surface area contributed by atoms with Crippen molar-refractivity contribution in [2.45, 2.75) is 19.4 Å².